The van der Waals surface area contributed by atoms with E-state index >= 15 is 0 Å². The van der Waals surface area contributed by atoms with Crippen molar-refractivity contribution < 1.29 is 18.0 Å². The Morgan fingerprint density at radius 2 is 1.35 bits per heavy atom. The molecule has 0 unspecified atom stereocenters. The highest BCUT2D eigenvalue weighted by molar-refractivity contribution is 9.10. The van der Waals surface area contributed by atoms with Crippen molar-refractivity contribution in [1.29, 1.82) is 0 Å². The third-order valence-corrected chi connectivity index (χ3v) is 6.55. The molecule has 0 saturated carbocycles. The van der Waals surface area contributed by atoms with Crippen LogP contribution in [0.15, 0.2) is 102 Å². The molecule has 0 spiro atoms. The molecular weight excluding hydrogens is 545 g/mol. The zero-order valence-corrected chi connectivity index (χ0v) is 20.9. The average Bonchev–Trinajstić information content (AvgIpc) is 3.24. The lowest BCUT2D eigenvalue weighted by Gasteiger charge is -2.22. The van der Waals surface area contributed by atoms with E-state index in [0.29, 0.717) is 10.1 Å². The zero-order chi connectivity index (χ0) is 26.0. The van der Waals surface area contributed by atoms with Crippen LogP contribution < -0.4 is 0 Å². The molecule has 3 aromatic carbocycles. The van der Waals surface area contributed by atoms with Crippen LogP contribution in [0.25, 0.3) is 16.9 Å². The lowest BCUT2D eigenvalue weighted by Crippen LogP contribution is -2.30. The number of aromatic nitrogens is 3. The maximum atomic E-state index is 14.1. The fraction of sp³-hybridized carbons (Fsp3) is 0.107. The second-order valence-electron chi connectivity index (χ2n) is 8.42. The van der Waals surface area contributed by atoms with Crippen molar-refractivity contribution in [2.75, 3.05) is 0 Å². The fourth-order valence-electron chi connectivity index (χ4n) is 4.04. The van der Waals surface area contributed by atoms with Crippen LogP contribution in [0.1, 0.15) is 27.3 Å². The van der Waals surface area contributed by atoms with Gasteiger partial charge in [0.2, 0.25) is 0 Å². The molecule has 5 aromatic rings. The number of fused-ring (bicyclic) bond motifs is 1. The van der Waals surface area contributed by atoms with Crippen LogP contribution >= 0.6 is 15.9 Å². The predicted octanol–water partition coefficient (Wildman–Crippen LogP) is 7.02. The number of amides is 1. The predicted molar refractivity (Wildman–Crippen MR) is 138 cm³/mol. The van der Waals surface area contributed by atoms with Gasteiger partial charge in [0.05, 0.1) is 10.2 Å². The number of rotatable bonds is 6. The Morgan fingerprint density at radius 3 is 1.86 bits per heavy atom. The molecule has 0 bridgehead atoms. The maximum Gasteiger partial charge on any atom is 0.433 e. The van der Waals surface area contributed by atoms with E-state index < -0.39 is 17.8 Å². The standard InChI is InChI=1S/C28H20BrF3N4O/c29-24-25(27(37)35(17-19-10-4-1-5-11-19)18-20-12-6-2-7-13-20)34-36-23(28(30,31)32)16-22(33-26(24)36)21-14-8-3-9-15-21/h1-16H,17-18H2. The van der Waals surface area contributed by atoms with Gasteiger partial charge in [0.15, 0.2) is 17.0 Å². The van der Waals surface area contributed by atoms with Crippen molar-refractivity contribution in [1.82, 2.24) is 19.5 Å². The molecule has 37 heavy (non-hydrogen) atoms. The SMILES string of the molecule is O=C(c1nn2c(C(F)(F)F)cc(-c3ccccc3)nc2c1Br)N(Cc1ccccc1)Cc1ccccc1. The van der Waals surface area contributed by atoms with Gasteiger partial charge in [-0.25, -0.2) is 9.50 Å². The molecule has 2 heterocycles. The topological polar surface area (TPSA) is 50.5 Å². The third-order valence-electron chi connectivity index (χ3n) is 5.82. The van der Waals surface area contributed by atoms with Crippen molar-refractivity contribution in [2.24, 2.45) is 0 Å². The molecule has 0 aliphatic rings. The largest absolute Gasteiger partial charge is 0.433 e. The van der Waals surface area contributed by atoms with E-state index in [0.717, 1.165) is 17.2 Å². The number of carbonyl (C=O) groups excluding carboxylic acids is 1. The van der Waals surface area contributed by atoms with Gasteiger partial charge >= 0.3 is 6.18 Å². The number of carbonyl (C=O) groups is 1. The Balaban J connectivity index is 1.61. The zero-order valence-electron chi connectivity index (χ0n) is 19.4. The quantitative estimate of drug-likeness (QED) is 0.222. The summed E-state index contributed by atoms with van der Waals surface area (Å²) in [6.07, 6.45) is -4.72. The van der Waals surface area contributed by atoms with E-state index in [1.54, 1.807) is 35.2 Å². The molecule has 2 aromatic heterocycles. The van der Waals surface area contributed by atoms with Crippen molar-refractivity contribution in [3.8, 4) is 11.3 Å². The molecule has 0 aliphatic carbocycles. The summed E-state index contributed by atoms with van der Waals surface area (Å²) in [6, 6.07) is 28.3. The molecule has 1 amide bonds. The fourth-order valence-corrected chi connectivity index (χ4v) is 4.55. The van der Waals surface area contributed by atoms with Gasteiger partial charge in [0.25, 0.3) is 5.91 Å². The lowest BCUT2D eigenvalue weighted by molar-refractivity contribution is -0.142. The molecule has 5 rings (SSSR count). The summed E-state index contributed by atoms with van der Waals surface area (Å²) in [5.74, 6) is -0.514. The van der Waals surface area contributed by atoms with Crippen LogP contribution in [-0.2, 0) is 19.3 Å². The first-order chi connectivity index (χ1) is 17.8. The molecule has 0 radical (unpaired) electrons. The Kier molecular flexibility index (Phi) is 6.80. The van der Waals surface area contributed by atoms with Gasteiger partial charge in [-0.2, -0.15) is 18.3 Å². The lowest BCUT2D eigenvalue weighted by atomic mass is 10.1. The van der Waals surface area contributed by atoms with E-state index in [1.165, 1.54) is 0 Å². The first-order valence-corrected chi connectivity index (χ1v) is 12.2. The van der Waals surface area contributed by atoms with Gasteiger partial charge in [-0.05, 0) is 33.1 Å². The molecular formula is C28H20BrF3N4O. The average molecular weight is 565 g/mol. The Labute approximate surface area is 219 Å². The molecule has 5 nitrogen and oxygen atoms in total. The third kappa shape index (κ3) is 5.27. The van der Waals surface area contributed by atoms with Crippen molar-refractivity contribution in [3.63, 3.8) is 0 Å². The second kappa shape index (κ2) is 10.2. The number of alkyl halides is 3. The van der Waals surface area contributed by atoms with Crippen LogP contribution in [0, 0.1) is 0 Å². The highest BCUT2D eigenvalue weighted by Gasteiger charge is 2.37. The summed E-state index contributed by atoms with van der Waals surface area (Å²) in [4.78, 5) is 19.8. The normalized spacial score (nSPS) is 11.6. The Hall–Kier alpha value is -3.98. The van der Waals surface area contributed by atoms with Crippen molar-refractivity contribution >= 4 is 27.5 Å². The molecule has 186 valence electrons. The summed E-state index contributed by atoms with van der Waals surface area (Å²) in [7, 11) is 0. The Morgan fingerprint density at radius 1 is 0.838 bits per heavy atom. The number of benzene rings is 3. The summed E-state index contributed by atoms with van der Waals surface area (Å²) < 4.78 is 43.1. The van der Waals surface area contributed by atoms with Crippen LogP contribution in [0.2, 0.25) is 0 Å². The first-order valence-electron chi connectivity index (χ1n) is 11.4. The minimum atomic E-state index is -4.72. The summed E-state index contributed by atoms with van der Waals surface area (Å²) in [6.45, 7) is 0.507. The van der Waals surface area contributed by atoms with Crippen LogP contribution in [0.5, 0.6) is 0 Å². The van der Waals surface area contributed by atoms with Crippen LogP contribution in [0.4, 0.5) is 13.2 Å². The Bertz CT molecular complexity index is 1500. The molecule has 0 aliphatic heterocycles. The molecule has 0 fully saturated rings. The number of halogens is 4. The monoisotopic (exact) mass is 564 g/mol. The number of hydrogen-bond acceptors (Lipinski definition) is 3. The summed E-state index contributed by atoms with van der Waals surface area (Å²) in [5, 5.41) is 4.11. The van der Waals surface area contributed by atoms with Gasteiger partial charge in [0, 0.05) is 18.7 Å². The van der Waals surface area contributed by atoms with Gasteiger partial charge in [-0.1, -0.05) is 91.0 Å². The molecule has 0 atom stereocenters. The smallest absolute Gasteiger partial charge is 0.329 e. The van der Waals surface area contributed by atoms with E-state index in [1.807, 2.05) is 60.7 Å². The highest BCUT2D eigenvalue weighted by Crippen LogP contribution is 2.35. The number of hydrogen-bond donors (Lipinski definition) is 0. The van der Waals surface area contributed by atoms with E-state index in [-0.39, 0.29) is 34.6 Å². The van der Waals surface area contributed by atoms with Crippen LogP contribution in [0.3, 0.4) is 0 Å². The van der Waals surface area contributed by atoms with Gasteiger partial charge in [-0.15, -0.1) is 0 Å². The van der Waals surface area contributed by atoms with Crippen LogP contribution in [-0.4, -0.2) is 25.4 Å². The maximum absolute atomic E-state index is 14.1. The van der Waals surface area contributed by atoms with Crippen molar-refractivity contribution in [3.05, 3.63) is 124 Å². The molecule has 0 saturated heterocycles. The van der Waals surface area contributed by atoms with Gasteiger partial charge < -0.3 is 4.90 Å². The van der Waals surface area contributed by atoms with E-state index in [9.17, 15) is 18.0 Å². The van der Waals surface area contributed by atoms with Gasteiger partial charge in [-0.3, -0.25) is 4.79 Å². The van der Waals surface area contributed by atoms with E-state index in [4.69, 9.17) is 0 Å². The van der Waals surface area contributed by atoms with Crippen molar-refractivity contribution in [2.45, 2.75) is 19.3 Å². The van der Waals surface area contributed by atoms with E-state index in [2.05, 4.69) is 26.0 Å². The second-order valence-corrected chi connectivity index (χ2v) is 9.21. The molecule has 9 heteroatoms. The summed E-state index contributed by atoms with van der Waals surface area (Å²) in [5.41, 5.74) is 1.16. The number of nitrogens with zero attached hydrogens (tertiary/aromatic N) is 4. The highest BCUT2D eigenvalue weighted by atomic mass is 79.9. The van der Waals surface area contributed by atoms with Gasteiger partial charge in [0.1, 0.15) is 0 Å². The minimum absolute atomic E-state index is 0.0867. The molecule has 0 N–H and O–H groups in total. The minimum Gasteiger partial charge on any atom is -0.329 e. The summed E-state index contributed by atoms with van der Waals surface area (Å²) >= 11 is 3.34. The first kappa shape index (κ1) is 24.7.